The summed E-state index contributed by atoms with van der Waals surface area (Å²) in [5.74, 6) is 0. The van der Waals surface area contributed by atoms with Crippen molar-refractivity contribution in [2.75, 3.05) is 0 Å². The quantitative estimate of drug-likeness (QED) is 0.449. The van der Waals surface area contributed by atoms with Gasteiger partial charge in [0.1, 0.15) is 0 Å². The zero-order valence-corrected chi connectivity index (χ0v) is 4.76. The monoisotopic (exact) mass is 223 g/mol. The average molecular weight is 225 g/mol. The third-order valence-corrected chi connectivity index (χ3v) is 0. The van der Waals surface area contributed by atoms with Crippen LogP contribution in [-0.4, -0.2) is 40.4 Å². The molecule has 0 saturated carbocycles. The molecule has 4 heavy (non-hydrogen) atoms. The molecule has 0 amide bonds. The second kappa shape index (κ2) is 17.6. The van der Waals surface area contributed by atoms with E-state index >= 15 is 0 Å². The van der Waals surface area contributed by atoms with Crippen LogP contribution >= 0.6 is 0 Å². The maximum atomic E-state index is 0. The van der Waals surface area contributed by atoms with Crippen LogP contribution in [0.25, 0.3) is 0 Å². The molecule has 0 aliphatic rings. The van der Waals surface area contributed by atoms with Gasteiger partial charge in [0.25, 0.3) is 0 Å². The molecule has 0 aromatic carbocycles. The van der Waals surface area contributed by atoms with Crippen LogP contribution < -0.4 is 0 Å². The Morgan fingerprint density at radius 2 is 1.00 bits per heavy atom. The molecule has 0 saturated heterocycles. The van der Waals surface area contributed by atoms with Crippen molar-refractivity contribution in [2.45, 2.75) is 0 Å². The fraction of sp³-hybridized carbons (Fsp3) is 0. The van der Waals surface area contributed by atoms with Crippen molar-refractivity contribution in [1.82, 2.24) is 0 Å². The van der Waals surface area contributed by atoms with Crippen molar-refractivity contribution < 1.29 is 39.4 Å². The van der Waals surface area contributed by atoms with E-state index in [-0.39, 0.29) is 79.9 Å². The van der Waals surface area contributed by atoms with Gasteiger partial charge in [-0.25, -0.2) is 0 Å². The molecular formula is H2AgAlCuMg. The first-order chi connectivity index (χ1) is 0. The fourth-order valence-corrected chi connectivity index (χ4v) is 0. The Bertz CT molecular complexity index is 8.00. The molecule has 0 nitrogen and oxygen atoms in total. The maximum absolute atomic E-state index is 0. The van der Waals surface area contributed by atoms with Gasteiger partial charge >= 0.3 is 23.1 Å². The molecule has 29 valence electrons. The Morgan fingerprint density at radius 1 is 1.00 bits per heavy atom. The van der Waals surface area contributed by atoms with Crippen LogP contribution in [0.2, 0.25) is 0 Å². The summed E-state index contributed by atoms with van der Waals surface area (Å²) in [5.41, 5.74) is 0. The normalized spacial score (nSPS) is 0. The molecular weight excluding hydrogens is 223 g/mol. The summed E-state index contributed by atoms with van der Waals surface area (Å²) in [7, 11) is 0. The predicted octanol–water partition coefficient (Wildman–Crippen LogP) is -1.30. The molecule has 0 unspecified atom stereocenters. The summed E-state index contributed by atoms with van der Waals surface area (Å²) in [4.78, 5) is 0. The van der Waals surface area contributed by atoms with Crippen LogP contribution in [-0.2, 0) is 39.4 Å². The Morgan fingerprint density at radius 3 is 1.00 bits per heavy atom. The van der Waals surface area contributed by atoms with Gasteiger partial charge in [0.05, 0.1) is 0 Å². The Hall–Kier alpha value is 2.56. The molecule has 0 aromatic heterocycles. The maximum Gasteiger partial charge on any atom is 0.316 e. The summed E-state index contributed by atoms with van der Waals surface area (Å²) in [6, 6.07) is 0. The van der Waals surface area contributed by atoms with E-state index in [1.54, 1.807) is 0 Å². The van der Waals surface area contributed by atoms with Gasteiger partial charge in [0.15, 0.2) is 0 Å². The van der Waals surface area contributed by atoms with E-state index in [1.165, 1.54) is 0 Å². The molecule has 0 spiro atoms. The number of hydrogen-bond acceptors (Lipinski definition) is 0. The first kappa shape index (κ1) is 31.0. The number of hydrogen-bond donors (Lipinski definition) is 0. The first-order valence-electron chi connectivity index (χ1n) is 0. The zero-order valence-electron chi connectivity index (χ0n) is 1.18. The molecule has 0 N–H and O–H groups in total. The molecule has 0 heterocycles. The minimum atomic E-state index is 0. The summed E-state index contributed by atoms with van der Waals surface area (Å²) < 4.78 is 0. The van der Waals surface area contributed by atoms with Crippen molar-refractivity contribution in [3.8, 4) is 0 Å². The second-order valence-corrected chi connectivity index (χ2v) is 0. The van der Waals surface area contributed by atoms with Crippen LogP contribution in [0.3, 0.4) is 0 Å². The van der Waals surface area contributed by atoms with Crippen molar-refractivity contribution in [3.05, 3.63) is 0 Å². The average Bonchev–Trinajstić information content (AvgIpc) is 0. The first-order valence-corrected chi connectivity index (χ1v) is 0. The van der Waals surface area contributed by atoms with E-state index in [1.807, 2.05) is 0 Å². The van der Waals surface area contributed by atoms with Gasteiger partial charge in [-0.15, -0.1) is 0 Å². The summed E-state index contributed by atoms with van der Waals surface area (Å²) in [5, 5.41) is 0. The fourth-order valence-electron chi connectivity index (χ4n) is 0. The van der Waals surface area contributed by atoms with Crippen molar-refractivity contribution in [3.63, 3.8) is 0 Å². The van der Waals surface area contributed by atoms with E-state index in [4.69, 9.17) is 0 Å². The third-order valence-electron chi connectivity index (χ3n) is 0. The molecule has 0 fully saturated rings. The standard InChI is InChI=1S/Ag.Al.Cu.Mg.2H. The third kappa shape index (κ3) is 8.82. The smallest absolute Gasteiger partial charge is 0 e. The van der Waals surface area contributed by atoms with Crippen LogP contribution in [0.4, 0.5) is 0 Å². The Balaban J connectivity index is 0. The van der Waals surface area contributed by atoms with E-state index in [0.29, 0.717) is 0 Å². The van der Waals surface area contributed by atoms with Gasteiger partial charge in [-0.2, -0.15) is 0 Å². The van der Waals surface area contributed by atoms with Crippen LogP contribution in [0, 0.1) is 0 Å². The van der Waals surface area contributed by atoms with Gasteiger partial charge in [-0.3, -0.25) is 0 Å². The van der Waals surface area contributed by atoms with Crippen molar-refractivity contribution in [1.29, 1.82) is 0 Å². The van der Waals surface area contributed by atoms with E-state index < -0.39 is 0 Å². The van der Waals surface area contributed by atoms with Crippen molar-refractivity contribution in [2.24, 2.45) is 0 Å². The van der Waals surface area contributed by atoms with Crippen LogP contribution in [0.5, 0.6) is 0 Å². The Kier molecular flexibility index (Phi) is 137. The van der Waals surface area contributed by atoms with Gasteiger partial charge < -0.3 is 0 Å². The molecule has 4 heteroatoms. The summed E-state index contributed by atoms with van der Waals surface area (Å²) in [6.45, 7) is 0. The molecule has 0 aliphatic heterocycles. The van der Waals surface area contributed by atoms with Gasteiger partial charge in [-0.1, -0.05) is 0 Å². The number of rotatable bonds is 0. The van der Waals surface area contributed by atoms with Gasteiger partial charge in [-0.05, 0) is 0 Å². The predicted molar refractivity (Wildman–Crippen MR) is 14.3 cm³/mol. The topological polar surface area (TPSA) is 0 Å². The minimum absolute atomic E-state index is 0. The van der Waals surface area contributed by atoms with Crippen molar-refractivity contribution >= 4 is 40.4 Å². The van der Waals surface area contributed by atoms with Crippen LogP contribution in [0.15, 0.2) is 0 Å². The molecule has 0 aromatic rings. The zero-order chi connectivity index (χ0) is 0. The second-order valence-electron chi connectivity index (χ2n) is 0. The SMILES string of the molecule is [Ag].[Al].[Cu].[MgH2]. The summed E-state index contributed by atoms with van der Waals surface area (Å²) >= 11 is 0. The molecule has 0 atom stereocenters. The van der Waals surface area contributed by atoms with Gasteiger partial charge in [0.2, 0.25) is 0 Å². The molecule has 5 radical (unpaired) electrons. The molecule has 0 bridgehead atoms. The Labute approximate surface area is 78.7 Å². The van der Waals surface area contributed by atoms with E-state index in [9.17, 15) is 0 Å². The molecule has 0 aliphatic carbocycles. The van der Waals surface area contributed by atoms with Gasteiger partial charge in [0, 0.05) is 56.8 Å². The molecule has 0 rings (SSSR count). The van der Waals surface area contributed by atoms with E-state index in [0.717, 1.165) is 0 Å². The largest absolute Gasteiger partial charge is 0.316 e. The summed E-state index contributed by atoms with van der Waals surface area (Å²) in [6.07, 6.45) is 0. The van der Waals surface area contributed by atoms with E-state index in [2.05, 4.69) is 0 Å². The minimum Gasteiger partial charge on any atom is 0 e. The van der Waals surface area contributed by atoms with Crippen LogP contribution in [0.1, 0.15) is 0 Å².